The maximum atomic E-state index is 12.5. The fraction of sp³-hybridized carbons (Fsp3) is 0.667. The highest BCUT2D eigenvalue weighted by atomic mass is 32.1. The Bertz CT molecular complexity index is 765. The number of hydrogen-bond donors (Lipinski definition) is 2. The summed E-state index contributed by atoms with van der Waals surface area (Å²) in [6.45, 7) is 9.45. The Morgan fingerprint density at radius 3 is 2.61 bits per heavy atom. The molecule has 7 heteroatoms. The zero-order chi connectivity index (χ0) is 20.5. The summed E-state index contributed by atoms with van der Waals surface area (Å²) in [6.07, 6.45) is 4.72. The molecule has 3 amide bonds. The van der Waals surface area contributed by atoms with E-state index in [-0.39, 0.29) is 29.1 Å². The highest BCUT2D eigenvalue weighted by Gasteiger charge is 2.31. The van der Waals surface area contributed by atoms with Gasteiger partial charge in [-0.05, 0) is 55.1 Å². The van der Waals surface area contributed by atoms with Crippen molar-refractivity contribution in [1.29, 1.82) is 0 Å². The van der Waals surface area contributed by atoms with Crippen molar-refractivity contribution >= 4 is 29.1 Å². The van der Waals surface area contributed by atoms with E-state index in [9.17, 15) is 14.4 Å². The molecule has 1 aliphatic heterocycles. The molecule has 154 valence electrons. The number of likely N-dealkylation sites (tertiary alicyclic amines) is 1. The van der Waals surface area contributed by atoms with Crippen LogP contribution in [0.3, 0.4) is 0 Å². The monoisotopic (exact) mass is 405 g/mol. The Hall–Kier alpha value is -1.89. The number of nitrogens with zero attached hydrogens (tertiary/aromatic N) is 1. The molecule has 1 aromatic rings. The summed E-state index contributed by atoms with van der Waals surface area (Å²) in [5, 5.41) is 0. The highest BCUT2D eigenvalue weighted by Crippen LogP contribution is 2.40. The van der Waals surface area contributed by atoms with E-state index in [4.69, 9.17) is 0 Å². The van der Waals surface area contributed by atoms with Gasteiger partial charge in [0, 0.05) is 24.9 Å². The minimum Gasteiger partial charge on any atom is -0.342 e. The standard InChI is InChI=1S/C21H31N3O3S/c1-13(25)24-9-5-6-14(12-24)19(26)22-23-20(27)18-11-15-10-16(21(2,3)4)7-8-17(15)28-18/h11,14,16H,5-10,12H2,1-4H3,(H,22,26)(H,23,27)/t14-,16+/m0/s1. The molecule has 2 aliphatic rings. The third kappa shape index (κ3) is 4.74. The first-order valence-corrected chi connectivity index (χ1v) is 10.9. The van der Waals surface area contributed by atoms with Gasteiger partial charge in [0.2, 0.25) is 11.8 Å². The van der Waals surface area contributed by atoms with Crippen LogP contribution in [0.2, 0.25) is 0 Å². The zero-order valence-electron chi connectivity index (χ0n) is 17.3. The Labute approximate surface area is 171 Å². The first-order chi connectivity index (χ1) is 13.1. The topological polar surface area (TPSA) is 78.5 Å². The van der Waals surface area contributed by atoms with Crippen molar-refractivity contribution in [2.75, 3.05) is 13.1 Å². The molecule has 1 fully saturated rings. The number of hydrazine groups is 1. The van der Waals surface area contributed by atoms with Crippen LogP contribution < -0.4 is 10.9 Å². The predicted octanol–water partition coefficient (Wildman–Crippen LogP) is 2.92. The fourth-order valence-electron chi connectivity index (χ4n) is 4.13. The van der Waals surface area contributed by atoms with Crippen LogP contribution >= 0.6 is 11.3 Å². The molecule has 2 N–H and O–H groups in total. The second-order valence-corrected chi connectivity index (χ2v) is 10.2. The molecule has 0 unspecified atom stereocenters. The minimum atomic E-state index is -0.276. The van der Waals surface area contributed by atoms with Gasteiger partial charge in [0.05, 0.1) is 10.8 Å². The summed E-state index contributed by atoms with van der Waals surface area (Å²) < 4.78 is 0. The van der Waals surface area contributed by atoms with E-state index in [0.717, 1.165) is 32.1 Å². The molecule has 28 heavy (non-hydrogen) atoms. The normalized spacial score (nSPS) is 22.4. The lowest BCUT2D eigenvalue weighted by Crippen LogP contribution is -2.49. The molecule has 0 saturated carbocycles. The molecule has 1 saturated heterocycles. The van der Waals surface area contributed by atoms with Crippen molar-refractivity contribution in [3.63, 3.8) is 0 Å². The lowest BCUT2D eigenvalue weighted by Gasteiger charge is -2.33. The molecular formula is C21H31N3O3S. The number of thiophene rings is 1. The summed E-state index contributed by atoms with van der Waals surface area (Å²) >= 11 is 1.53. The van der Waals surface area contributed by atoms with Crippen molar-refractivity contribution in [2.24, 2.45) is 17.3 Å². The number of fused-ring (bicyclic) bond motifs is 1. The van der Waals surface area contributed by atoms with Crippen LogP contribution in [0.1, 0.15) is 67.1 Å². The second-order valence-electron chi connectivity index (χ2n) is 9.11. The Morgan fingerprint density at radius 1 is 1.18 bits per heavy atom. The van der Waals surface area contributed by atoms with Gasteiger partial charge in [0.1, 0.15) is 0 Å². The van der Waals surface area contributed by atoms with E-state index in [0.29, 0.717) is 23.9 Å². The summed E-state index contributed by atoms with van der Waals surface area (Å²) in [5.74, 6) is -0.158. The molecule has 0 aromatic carbocycles. The van der Waals surface area contributed by atoms with Crippen molar-refractivity contribution in [3.8, 4) is 0 Å². The largest absolute Gasteiger partial charge is 0.342 e. The molecule has 2 heterocycles. The molecule has 0 bridgehead atoms. The van der Waals surface area contributed by atoms with Crippen LogP contribution in [-0.2, 0) is 22.4 Å². The van der Waals surface area contributed by atoms with Gasteiger partial charge in [0.15, 0.2) is 0 Å². The van der Waals surface area contributed by atoms with Crippen LogP contribution in [0.15, 0.2) is 6.07 Å². The molecule has 1 aliphatic carbocycles. The smallest absolute Gasteiger partial charge is 0.279 e. The molecule has 1 aromatic heterocycles. The van der Waals surface area contributed by atoms with E-state index >= 15 is 0 Å². The lowest BCUT2D eigenvalue weighted by atomic mass is 9.72. The predicted molar refractivity (Wildman–Crippen MR) is 110 cm³/mol. The van der Waals surface area contributed by atoms with Crippen LogP contribution in [0, 0.1) is 17.3 Å². The van der Waals surface area contributed by atoms with Crippen molar-refractivity contribution in [2.45, 2.75) is 59.8 Å². The summed E-state index contributed by atoms with van der Waals surface area (Å²) in [4.78, 5) is 40.1. The number of rotatable bonds is 2. The lowest BCUT2D eigenvalue weighted by molar-refractivity contribution is -0.134. The van der Waals surface area contributed by atoms with Crippen molar-refractivity contribution in [1.82, 2.24) is 15.8 Å². The van der Waals surface area contributed by atoms with Gasteiger partial charge in [-0.15, -0.1) is 11.3 Å². The quantitative estimate of drug-likeness (QED) is 0.743. The number of amides is 3. The SMILES string of the molecule is CC(=O)N1CCC[C@H](C(=O)NNC(=O)c2cc3c(s2)CC[C@@H](C(C)(C)C)C3)C1. The Morgan fingerprint density at radius 2 is 1.93 bits per heavy atom. The average molecular weight is 406 g/mol. The number of hydrogen-bond acceptors (Lipinski definition) is 4. The molecule has 2 atom stereocenters. The van der Waals surface area contributed by atoms with Gasteiger partial charge >= 0.3 is 0 Å². The fourth-order valence-corrected chi connectivity index (χ4v) is 5.24. The van der Waals surface area contributed by atoms with Gasteiger partial charge in [-0.2, -0.15) is 0 Å². The second kappa shape index (κ2) is 8.23. The third-order valence-electron chi connectivity index (χ3n) is 6.07. The first-order valence-electron chi connectivity index (χ1n) is 10.1. The minimum absolute atomic E-state index is 0.0146. The Kier molecular flexibility index (Phi) is 6.12. The average Bonchev–Trinajstić information content (AvgIpc) is 3.08. The van der Waals surface area contributed by atoms with Gasteiger partial charge < -0.3 is 4.90 Å². The maximum Gasteiger partial charge on any atom is 0.279 e. The number of nitrogens with one attached hydrogen (secondary N) is 2. The molecule has 6 nitrogen and oxygen atoms in total. The number of piperidine rings is 1. The highest BCUT2D eigenvalue weighted by molar-refractivity contribution is 7.14. The van der Waals surface area contributed by atoms with E-state index in [1.54, 1.807) is 4.90 Å². The summed E-state index contributed by atoms with van der Waals surface area (Å²) in [6, 6.07) is 1.98. The summed E-state index contributed by atoms with van der Waals surface area (Å²) in [7, 11) is 0. The third-order valence-corrected chi connectivity index (χ3v) is 7.30. The van der Waals surface area contributed by atoms with E-state index in [1.807, 2.05) is 6.07 Å². The van der Waals surface area contributed by atoms with Gasteiger partial charge in [-0.1, -0.05) is 20.8 Å². The summed E-state index contributed by atoms with van der Waals surface area (Å²) in [5.41, 5.74) is 6.66. The molecular weight excluding hydrogens is 374 g/mol. The van der Waals surface area contributed by atoms with Crippen LogP contribution in [0.4, 0.5) is 0 Å². The van der Waals surface area contributed by atoms with Gasteiger partial charge in [-0.3, -0.25) is 25.2 Å². The van der Waals surface area contributed by atoms with E-state index in [2.05, 4.69) is 31.6 Å². The van der Waals surface area contributed by atoms with Crippen molar-refractivity contribution in [3.05, 3.63) is 21.4 Å². The van der Waals surface area contributed by atoms with E-state index in [1.165, 1.54) is 28.7 Å². The Balaban J connectivity index is 1.55. The molecule has 0 radical (unpaired) electrons. The van der Waals surface area contributed by atoms with E-state index < -0.39 is 0 Å². The number of aryl methyl sites for hydroxylation is 1. The van der Waals surface area contributed by atoms with Gasteiger partial charge in [-0.25, -0.2) is 0 Å². The first kappa shape index (κ1) is 20.8. The molecule has 3 rings (SSSR count). The van der Waals surface area contributed by atoms with Gasteiger partial charge in [0.25, 0.3) is 5.91 Å². The van der Waals surface area contributed by atoms with Crippen LogP contribution in [0.5, 0.6) is 0 Å². The maximum absolute atomic E-state index is 12.5. The van der Waals surface area contributed by atoms with Crippen molar-refractivity contribution < 1.29 is 14.4 Å². The molecule has 0 spiro atoms. The van der Waals surface area contributed by atoms with Crippen LogP contribution in [0.25, 0.3) is 0 Å². The number of carbonyl (C=O) groups is 3. The zero-order valence-corrected chi connectivity index (χ0v) is 18.1. The van der Waals surface area contributed by atoms with Crippen LogP contribution in [-0.4, -0.2) is 35.7 Å². The number of carbonyl (C=O) groups excluding carboxylic acids is 3.